The van der Waals surface area contributed by atoms with E-state index in [0.717, 1.165) is 23.3 Å². The number of carbonyl (C=O) groups excluding carboxylic acids is 1. The van der Waals surface area contributed by atoms with Gasteiger partial charge in [0.15, 0.2) is 0 Å². The molecule has 1 saturated heterocycles. The number of hydrogen-bond donors (Lipinski definition) is 0. The van der Waals surface area contributed by atoms with E-state index in [-0.39, 0.29) is 18.1 Å². The normalized spacial score (nSPS) is 21.6. The van der Waals surface area contributed by atoms with Gasteiger partial charge in [-0.25, -0.2) is 0 Å². The van der Waals surface area contributed by atoms with Crippen LogP contribution in [0.3, 0.4) is 0 Å². The van der Waals surface area contributed by atoms with E-state index >= 15 is 0 Å². The molecular formula is C18H25NO4. The highest BCUT2D eigenvalue weighted by atomic mass is 16.5. The van der Waals surface area contributed by atoms with Gasteiger partial charge < -0.3 is 19.1 Å². The highest BCUT2D eigenvalue weighted by Gasteiger charge is 2.34. The Kier molecular flexibility index (Phi) is 6.19. The van der Waals surface area contributed by atoms with Gasteiger partial charge in [-0.1, -0.05) is 12.1 Å². The molecule has 0 saturated carbocycles. The summed E-state index contributed by atoms with van der Waals surface area (Å²) >= 11 is 0. The summed E-state index contributed by atoms with van der Waals surface area (Å²) in [6.45, 7) is 3.06. The van der Waals surface area contributed by atoms with Crippen molar-refractivity contribution < 1.29 is 19.0 Å². The monoisotopic (exact) mass is 319 g/mol. The third-order valence-corrected chi connectivity index (χ3v) is 4.22. The van der Waals surface area contributed by atoms with Gasteiger partial charge in [-0.2, -0.15) is 0 Å². The first-order valence-electron chi connectivity index (χ1n) is 7.74. The average Bonchev–Trinajstić information content (AvgIpc) is 2.98. The first-order valence-corrected chi connectivity index (χ1v) is 7.74. The second-order valence-electron chi connectivity index (χ2n) is 5.75. The molecular weight excluding hydrogens is 294 g/mol. The van der Waals surface area contributed by atoms with Gasteiger partial charge in [-0.05, 0) is 36.6 Å². The number of nitrogens with zero attached hydrogens (tertiary/aromatic N) is 1. The molecule has 23 heavy (non-hydrogen) atoms. The van der Waals surface area contributed by atoms with Crippen molar-refractivity contribution in [3.05, 3.63) is 35.9 Å². The number of allylic oxidation sites excluding steroid dienone is 1. The van der Waals surface area contributed by atoms with Crippen molar-refractivity contribution in [3.63, 3.8) is 0 Å². The Bertz CT molecular complexity index is 570. The fraction of sp³-hybridized carbons (Fsp3) is 0.500. The van der Waals surface area contributed by atoms with E-state index in [1.807, 2.05) is 36.1 Å². The molecule has 1 amide bonds. The van der Waals surface area contributed by atoms with Gasteiger partial charge in [0.2, 0.25) is 5.91 Å². The largest absolute Gasteiger partial charge is 0.497 e. The summed E-state index contributed by atoms with van der Waals surface area (Å²) in [4.78, 5) is 14.5. The number of carbonyl (C=O) groups is 1. The van der Waals surface area contributed by atoms with Crippen molar-refractivity contribution in [2.45, 2.75) is 25.5 Å². The lowest BCUT2D eigenvalue weighted by Gasteiger charge is -2.22. The maximum absolute atomic E-state index is 12.6. The third-order valence-electron chi connectivity index (χ3n) is 4.22. The number of ether oxygens (including phenoxy) is 3. The second-order valence-corrected chi connectivity index (χ2v) is 5.75. The lowest BCUT2D eigenvalue weighted by atomic mass is 10.1. The molecule has 1 aliphatic rings. The summed E-state index contributed by atoms with van der Waals surface area (Å²) in [6.07, 6.45) is 2.56. The second kappa shape index (κ2) is 8.13. The smallest absolute Gasteiger partial charge is 0.247 e. The van der Waals surface area contributed by atoms with Gasteiger partial charge in [0.25, 0.3) is 0 Å². The van der Waals surface area contributed by atoms with E-state index in [4.69, 9.17) is 14.2 Å². The summed E-state index contributed by atoms with van der Waals surface area (Å²) < 4.78 is 15.9. The molecule has 0 aliphatic carbocycles. The SMILES string of the molecule is COC[C@@H]1C[C@@H](OC)CN1C(=O)/C=C(\C)c1cccc(OC)c1. The predicted octanol–water partition coefficient (Wildman–Crippen LogP) is 2.36. The zero-order chi connectivity index (χ0) is 16.8. The Balaban J connectivity index is 2.14. The van der Waals surface area contributed by atoms with Gasteiger partial charge in [0, 0.05) is 26.8 Å². The van der Waals surface area contributed by atoms with Crippen LogP contribution in [-0.4, -0.2) is 57.4 Å². The summed E-state index contributed by atoms with van der Waals surface area (Å²) in [7, 11) is 4.97. The Morgan fingerprint density at radius 3 is 2.78 bits per heavy atom. The molecule has 5 heteroatoms. The number of hydrogen-bond acceptors (Lipinski definition) is 4. The molecule has 1 aliphatic heterocycles. The van der Waals surface area contributed by atoms with Crippen LogP contribution in [0.1, 0.15) is 18.9 Å². The maximum atomic E-state index is 12.6. The van der Waals surface area contributed by atoms with Crippen molar-refractivity contribution in [2.24, 2.45) is 0 Å². The zero-order valence-corrected chi connectivity index (χ0v) is 14.2. The van der Waals surface area contributed by atoms with Crippen LogP contribution in [0.5, 0.6) is 5.75 Å². The summed E-state index contributed by atoms with van der Waals surface area (Å²) in [5.41, 5.74) is 1.88. The fourth-order valence-electron chi connectivity index (χ4n) is 2.88. The Morgan fingerprint density at radius 2 is 2.13 bits per heavy atom. The first-order chi connectivity index (χ1) is 11.1. The lowest BCUT2D eigenvalue weighted by molar-refractivity contribution is -0.127. The van der Waals surface area contributed by atoms with Crippen LogP contribution >= 0.6 is 0 Å². The molecule has 0 aromatic heterocycles. The van der Waals surface area contributed by atoms with Crippen LogP contribution in [0, 0.1) is 0 Å². The lowest BCUT2D eigenvalue weighted by Crippen LogP contribution is -2.37. The van der Waals surface area contributed by atoms with Crippen molar-refractivity contribution >= 4 is 11.5 Å². The van der Waals surface area contributed by atoms with Crippen LogP contribution < -0.4 is 4.74 Å². The van der Waals surface area contributed by atoms with E-state index in [2.05, 4.69) is 0 Å². The number of likely N-dealkylation sites (tertiary alicyclic amines) is 1. The van der Waals surface area contributed by atoms with Crippen LogP contribution in [0.15, 0.2) is 30.3 Å². The van der Waals surface area contributed by atoms with Crippen LogP contribution in [0.2, 0.25) is 0 Å². The molecule has 0 unspecified atom stereocenters. The van der Waals surface area contributed by atoms with E-state index in [9.17, 15) is 4.79 Å². The predicted molar refractivity (Wildman–Crippen MR) is 89.4 cm³/mol. The van der Waals surface area contributed by atoms with Gasteiger partial charge in [-0.3, -0.25) is 4.79 Å². The zero-order valence-electron chi connectivity index (χ0n) is 14.2. The van der Waals surface area contributed by atoms with Crippen LogP contribution in [-0.2, 0) is 14.3 Å². The van der Waals surface area contributed by atoms with Gasteiger partial charge in [-0.15, -0.1) is 0 Å². The number of benzene rings is 1. The molecule has 1 aromatic carbocycles. The first kappa shape index (κ1) is 17.5. The summed E-state index contributed by atoms with van der Waals surface area (Å²) in [5.74, 6) is 0.771. The Labute approximate surface area is 137 Å². The van der Waals surface area contributed by atoms with Crippen molar-refractivity contribution in [3.8, 4) is 5.75 Å². The van der Waals surface area contributed by atoms with E-state index in [0.29, 0.717) is 13.2 Å². The number of methoxy groups -OCH3 is 3. The van der Waals surface area contributed by atoms with Crippen LogP contribution in [0.4, 0.5) is 0 Å². The fourth-order valence-corrected chi connectivity index (χ4v) is 2.88. The van der Waals surface area contributed by atoms with E-state index in [1.165, 1.54) is 0 Å². The molecule has 2 atom stereocenters. The standard InChI is InChI=1S/C18H25NO4/c1-13(14-6-5-7-16(9-14)22-3)8-18(20)19-11-17(23-4)10-15(19)12-21-2/h5-9,15,17H,10-12H2,1-4H3/b13-8+/t15-,17+/m0/s1. The van der Waals surface area contributed by atoms with Gasteiger partial charge in [0.05, 0.1) is 25.9 Å². The topological polar surface area (TPSA) is 48.0 Å². The third kappa shape index (κ3) is 4.33. The number of amides is 1. The maximum Gasteiger partial charge on any atom is 0.247 e. The molecule has 0 N–H and O–H groups in total. The molecule has 2 rings (SSSR count). The van der Waals surface area contributed by atoms with E-state index in [1.54, 1.807) is 27.4 Å². The van der Waals surface area contributed by atoms with Gasteiger partial charge in [0.1, 0.15) is 5.75 Å². The van der Waals surface area contributed by atoms with Crippen molar-refractivity contribution in [1.82, 2.24) is 4.90 Å². The van der Waals surface area contributed by atoms with E-state index < -0.39 is 0 Å². The molecule has 1 aromatic rings. The highest BCUT2D eigenvalue weighted by molar-refractivity contribution is 5.95. The molecule has 0 radical (unpaired) electrons. The molecule has 1 heterocycles. The minimum absolute atomic E-state index is 0.00748. The molecule has 0 spiro atoms. The summed E-state index contributed by atoms with van der Waals surface area (Å²) in [6, 6.07) is 7.76. The minimum atomic E-state index is -0.00748. The minimum Gasteiger partial charge on any atom is -0.497 e. The Hall–Kier alpha value is -1.85. The molecule has 126 valence electrons. The Morgan fingerprint density at radius 1 is 1.35 bits per heavy atom. The van der Waals surface area contributed by atoms with Crippen LogP contribution in [0.25, 0.3) is 5.57 Å². The molecule has 0 bridgehead atoms. The average molecular weight is 319 g/mol. The van der Waals surface area contributed by atoms with Gasteiger partial charge >= 0.3 is 0 Å². The highest BCUT2D eigenvalue weighted by Crippen LogP contribution is 2.23. The molecule has 5 nitrogen and oxygen atoms in total. The van der Waals surface area contributed by atoms with Crippen molar-refractivity contribution in [1.29, 1.82) is 0 Å². The van der Waals surface area contributed by atoms with Crippen molar-refractivity contribution in [2.75, 3.05) is 34.5 Å². The summed E-state index contributed by atoms with van der Waals surface area (Å²) in [5, 5.41) is 0. The quantitative estimate of drug-likeness (QED) is 0.755. The molecule has 1 fully saturated rings. The number of rotatable bonds is 6.